The Bertz CT molecular complexity index is 591. The maximum Gasteiger partial charge on any atom is 0.152 e. The zero-order chi connectivity index (χ0) is 14.7. The van der Waals surface area contributed by atoms with Gasteiger partial charge in [0.2, 0.25) is 0 Å². The Morgan fingerprint density at radius 1 is 1.33 bits per heavy atom. The van der Waals surface area contributed by atoms with Gasteiger partial charge in [-0.15, -0.1) is 10.2 Å². The largest absolute Gasteiger partial charge is 0.362 e. The van der Waals surface area contributed by atoms with E-state index in [1.165, 1.54) is 5.69 Å². The molecule has 0 unspecified atom stereocenters. The molecule has 0 atom stereocenters. The molecule has 1 aliphatic rings. The highest BCUT2D eigenvalue weighted by Crippen LogP contribution is 2.20. The average Bonchev–Trinajstić information content (AvgIpc) is 2.94. The van der Waals surface area contributed by atoms with Crippen LogP contribution in [0.3, 0.4) is 0 Å². The SMILES string of the molecule is CC(C)CNCc1cc(N2CCn3cnnc3C2)ccn1. The van der Waals surface area contributed by atoms with Gasteiger partial charge in [-0.3, -0.25) is 4.98 Å². The van der Waals surface area contributed by atoms with Crippen molar-refractivity contribution < 1.29 is 0 Å². The molecule has 3 heterocycles. The van der Waals surface area contributed by atoms with Crippen LogP contribution in [0, 0.1) is 5.92 Å². The topological polar surface area (TPSA) is 58.9 Å². The van der Waals surface area contributed by atoms with Crippen LogP contribution in [-0.2, 0) is 19.6 Å². The van der Waals surface area contributed by atoms with E-state index in [1.807, 2.05) is 6.20 Å². The van der Waals surface area contributed by atoms with E-state index >= 15 is 0 Å². The lowest BCUT2D eigenvalue weighted by Crippen LogP contribution is -2.33. The summed E-state index contributed by atoms with van der Waals surface area (Å²) in [5, 5.41) is 11.6. The zero-order valence-corrected chi connectivity index (χ0v) is 12.7. The van der Waals surface area contributed by atoms with Gasteiger partial charge in [0.15, 0.2) is 5.82 Å². The van der Waals surface area contributed by atoms with E-state index in [0.29, 0.717) is 5.92 Å². The van der Waals surface area contributed by atoms with Gasteiger partial charge in [0.1, 0.15) is 6.33 Å². The average molecular weight is 286 g/mol. The monoisotopic (exact) mass is 286 g/mol. The number of fused-ring (bicyclic) bond motifs is 1. The molecule has 0 amide bonds. The molecule has 0 bridgehead atoms. The Morgan fingerprint density at radius 3 is 3.10 bits per heavy atom. The maximum atomic E-state index is 4.44. The predicted molar refractivity (Wildman–Crippen MR) is 81.9 cm³/mol. The highest BCUT2D eigenvalue weighted by Gasteiger charge is 2.17. The van der Waals surface area contributed by atoms with E-state index in [9.17, 15) is 0 Å². The second kappa shape index (κ2) is 6.22. The van der Waals surface area contributed by atoms with Crippen molar-refractivity contribution in [1.82, 2.24) is 25.1 Å². The lowest BCUT2D eigenvalue weighted by atomic mass is 10.2. The minimum absolute atomic E-state index is 0.654. The highest BCUT2D eigenvalue weighted by atomic mass is 15.3. The lowest BCUT2D eigenvalue weighted by molar-refractivity contribution is 0.546. The van der Waals surface area contributed by atoms with Crippen LogP contribution >= 0.6 is 0 Å². The number of anilines is 1. The third-order valence-electron chi connectivity index (χ3n) is 3.66. The van der Waals surface area contributed by atoms with Gasteiger partial charge in [-0.1, -0.05) is 13.8 Å². The van der Waals surface area contributed by atoms with Gasteiger partial charge < -0.3 is 14.8 Å². The number of nitrogens with one attached hydrogen (secondary N) is 1. The Labute approximate surface area is 125 Å². The molecule has 0 radical (unpaired) electrons. The zero-order valence-electron chi connectivity index (χ0n) is 12.7. The summed E-state index contributed by atoms with van der Waals surface area (Å²) < 4.78 is 2.11. The molecule has 1 N–H and O–H groups in total. The summed E-state index contributed by atoms with van der Waals surface area (Å²) in [7, 11) is 0. The Morgan fingerprint density at radius 2 is 2.24 bits per heavy atom. The van der Waals surface area contributed by atoms with Gasteiger partial charge in [-0.2, -0.15) is 0 Å². The van der Waals surface area contributed by atoms with Crippen LogP contribution in [0.4, 0.5) is 5.69 Å². The van der Waals surface area contributed by atoms with Crippen LogP contribution in [0.25, 0.3) is 0 Å². The van der Waals surface area contributed by atoms with Crippen molar-refractivity contribution in [2.75, 3.05) is 18.0 Å². The molecular formula is C15H22N6. The van der Waals surface area contributed by atoms with Crippen LogP contribution in [0.1, 0.15) is 25.4 Å². The predicted octanol–water partition coefficient (Wildman–Crippen LogP) is 1.44. The van der Waals surface area contributed by atoms with Gasteiger partial charge in [0.25, 0.3) is 0 Å². The van der Waals surface area contributed by atoms with Gasteiger partial charge in [-0.05, 0) is 24.6 Å². The fourth-order valence-electron chi connectivity index (χ4n) is 2.53. The molecule has 0 saturated heterocycles. The summed E-state index contributed by atoms with van der Waals surface area (Å²) >= 11 is 0. The molecule has 0 aliphatic carbocycles. The van der Waals surface area contributed by atoms with E-state index in [0.717, 1.165) is 44.2 Å². The molecule has 0 aromatic carbocycles. The standard InChI is InChI=1S/C15H22N6/c1-12(2)8-16-9-13-7-14(3-4-17-13)20-5-6-21-11-18-19-15(21)10-20/h3-4,7,11-12,16H,5-6,8-10H2,1-2H3. The molecule has 112 valence electrons. The van der Waals surface area contributed by atoms with E-state index in [2.05, 4.69) is 55.9 Å². The van der Waals surface area contributed by atoms with Gasteiger partial charge in [0.05, 0.1) is 12.2 Å². The lowest BCUT2D eigenvalue weighted by Gasteiger charge is -2.29. The van der Waals surface area contributed by atoms with Crippen LogP contribution in [0.15, 0.2) is 24.7 Å². The fraction of sp³-hybridized carbons (Fsp3) is 0.533. The number of aromatic nitrogens is 4. The number of hydrogen-bond donors (Lipinski definition) is 1. The Kier molecular flexibility index (Phi) is 4.15. The fourth-order valence-corrected chi connectivity index (χ4v) is 2.53. The Balaban J connectivity index is 1.66. The first-order chi connectivity index (χ1) is 10.2. The Hall–Kier alpha value is -1.95. The first-order valence-corrected chi connectivity index (χ1v) is 7.49. The minimum atomic E-state index is 0.654. The number of nitrogens with zero attached hydrogens (tertiary/aromatic N) is 5. The second-order valence-corrected chi connectivity index (χ2v) is 5.89. The summed E-state index contributed by atoms with van der Waals surface area (Å²) in [5.74, 6) is 1.68. The molecule has 0 saturated carbocycles. The van der Waals surface area contributed by atoms with E-state index in [-0.39, 0.29) is 0 Å². The number of pyridine rings is 1. The number of hydrogen-bond acceptors (Lipinski definition) is 5. The molecule has 21 heavy (non-hydrogen) atoms. The summed E-state index contributed by atoms with van der Waals surface area (Å²) in [6.07, 6.45) is 3.70. The van der Waals surface area contributed by atoms with Gasteiger partial charge >= 0.3 is 0 Å². The second-order valence-electron chi connectivity index (χ2n) is 5.89. The van der Waals surface area contributed by atoms with Gasteiger partial charge in [0, 0.05) is 31.5 Å². The first-order valence-electron chi connectivity index (χ1n) is 7.49. The first kappa shape index (κ1) is 14.0. The van der Waals surface area contributed by atoms with Crippen LogP contribution < -0.4 is 10.2 Å². The smallest absolute Gasteiger partial charge is 0.152 e. The van der Waals surface area contributed by atoms with Crippen molar-refractivity contribution in [3.05, 3.63) is 36.2 Å². The van der Waals surface area contributed by atoms with Crippen molar-refractivity contribution in [3.63, 3.8) is 0 Å². The molecule has 0 fully saturated rings. The summed E-state index contributed by atoms with van der Waals surface area (Å²) in [6, 6.07) is 4.23. The normalized spacial score (nSPS) is 14.5. The van der Waals surface area contributed by atoms with E-state index in [4.69, 9.17) is 0 Å². The van der Waals surface area contributed by atoms with Crippen LogP contribution in [0.2, 0.25) is 0 Å². The molecule has 0 spiro atoms. The molecule has 3 rings (SSSR count). The summed E-state index contributed by atoms with van der Waals surface area (Å²) in [4.78, 5) is 6.77. The van der Waals surface area contributed by atoms with Gasteiger partial charge in [-0.25, -0.2) is 0 Å². The highest BCUT2D eigenvalue weighted by molar-refractivity contribution is 5.47. The molecule has 2 aromatic heterocycles. The van der Waals surface area contributed by atoms with Crippen molar-refractivity contribution >= 4 is 5.69 Å². The van der Waals surface area contributed by atoms with Crippen molar-refractivity contribution in [3.8, 4) is 0 Å². The van der Waals surface area contributed by atoms with E-state index < -0.39 is 0 Å². The minimum Gasteiger partial charge on any atom is -0.362 e. The van der Waals surface area contributed by atoms with Crippen LogP contribution in [-0.4, -0.2) is 32.8 Å². The maximum absolute atomic E-state index is 4.44. The number of rotatable bonds is 5. The third kappa shape index (κ3) is 3.39. The van der Waals surface area contributed by atoms with Crippen molar-refractivity contribution in [1.29, 1.82) is 0 Å². The molecular weight excluding hydrogens is 264 g/mol. The quantitative estimate of drug-likeness (QED) is 0.901. The van der Waals surface area contributed by atoms with Crippen molar-refractivity contribution in [2.45, 2.75) is 33.5 Å². The molecule has 1 aliphatic heterocycles. The molecule has 6 nitrogen and oxygen atoms in total. The molecule has 2 aromatic rings. The summed E-state index contributed by atoms with van der Waals surface area (Å²) in [5.41, 5.74) is 2.29. The van der Waals surface area contributed by atoms with Crippen LogP contribution in [0.5, 0.6) is 0 Å². The van der Waals surface area contributed by atoms with Crippen molar-refractivity contribution in [2.24, 2.45) is 5.92 Å². The third-order valence-corrected chi connectivity index (χ3v) is 3.66. The van der Waals surface area contributed by atoms with E-state index in [1.54, 1.807) is 6.33 Å². The summed E-state index contributed by atoms with van der Waals surface area (Å²) in [6.45, 7) is 8.97. The molecule has 6 heteroatoms.